The number of carbonyl (C=O) groups is 1. The Bertz CT molecular complexity index is 955. The van der Waals surface area contributed by atoms with Gasteiger partial charge in [-0.2, -0.15) is 0 Å². The molecule has 1 N–H and O–H groups in total. The number of ether oxygens (including phenoxy) is 1. The Morgan fingerprint density at radius 1 is 1.12 bits per heavy atom. The lowest BCUT2D eigenvalue weighted by molar-refractivity contribution is 0.0971. The van der Waals surface area contributed by atoms with Crippen molar-refractivity contribution in [3.05, 3.63) is 72.4 Å². The first kappa shape index (κ1) is 18.7. The quantitative estimate of drug-likeness (QED) is 0.506. The predicted molar refractivity (Wildman–Crippen MR) is 104 cm³/mol. The molecule has 0 aliphatic rings. The number of Topliss-reactive ketones (excluding diaryl/α,β-unsaturated/α-hetero) is 1. The molecule has 2 aromatic carbocycles. The van der Waals surface area contributed by atoms with E-state index < -0.39 is 0 Å². The fourth-order valence-corrected chi connectivity index (χ4v) is 2.78. The Kier molecular flexibility index (Phi) is 5.98. The molecule has 0 bridgehead atoms. The lowest BCUT2D eigenvalue weighted by atomic mass is 10.1. The summed E-state index contributed by atoms with van der Waals surface area (Å²) in [4.78, 5) is 12.6. The summed E-state index contributed by atoms with van der Waals surface area (Å²) in [6, 6.07) is 14.7. The van der Waals surface area contributed by atoms with Crippen LogP contribution in [0.4, 0.5) is 0 Å². The Morgan fingerprint density at radius 3 is 2.28 bits per heavy atom. The number of hydrogen-bond acceptors (Lipinski definition) is 3. The molecule has 1 aromatic heterocycles. The number of ketones is 1. The summed E-state index contributed by atoms with van der Waals surface area (Å²) in [6.07, 6.45) is 1.75. The van der Waals surface area contributed by atoms with Crippen molar-refractivity contribution in [2.75, 3.05) is 7.11 Å². The standard InChI is InChI=1S/C19H19N3O2.BrH/c1-3-12-21-16-6-4-5-7-17(16)22(19(21)20)13-18(23)14-8-10-15(24-2)11-9-14;/h3-11,20H,1,12-13H2,2H3;1H. The SMILES string of the molecule is Br.C=CCn1c(=N)n(CC(=O)c2ccc(OC)cc2)c2ccccc21. The van der Waals surface area contributed by atoms with Crippen molar-refractivity contribution in [1.82, 2.24) is 9.13 Å². The van der Waals surface area contributed by atoms with E-state index in [1.165, 1.54) is 0 Å². The third-order valence-electron chi connectivity index (χ3n) is 4.00. The number of hydrogen-bond donors (Lipinski definition) is 1. The lowest BCUT2D eigenvalue weighted by Crippen LogP contribution is -2.27. The van der Waals surface area contributed by atoms with Crippen molar-refractivity contribution in [2.24, 2.45) is 0 Å². The van der Waals surface area contributed by atoms with Crippen LogP contribution in [-0.4, -0.2) is 22.0 Å². The molecular weight excluding hydrogens is 382 g/mol. The summed E-state index contributed by atoms with van der Waals surface area (Å²) in [5, 5.41) is 8.40. The number of rotatable bonds is 6. The number of aromatic nitrogens is 2. The fraction of sp³-hybridized carbons (Fsp3) is 0.158. The van der Waals surface area contributed by atoms with Crippen LogP contribution in [0.3, 0.4) is 0 Å². The Morgan fingerprint density at radius 2 is 1.72 bits per heavy atom. The van der Waals surface area contributed by atoms with E-state index in [1.807, 2.05) is 28.8 Å². The van der Waals surface area contributed by atoms with Gasteiger partial charge in [0, 0.05) is 12.1 Å². The number of imidazole rings is 1. The van der Waals surface area contributed by atoms with Crippen molar-refractivity contribution in [2.45, 2.75) is 13.1 Å². The smallest absolute Gasteiger partial charge is 0.203 e. The highest BCUT2D eigenvalue weighted by Crippen LogP contribution is 2.15. The normalized spacial score (nSPS) is 10.3. The highest BCUT2D eigenvalue weighted by Gasteiger charge is 2.14. The van der Waals surface area contributed by atoms with Crippen LogP contribution in [0.5, 0.6) is 5.75 Å². The highest BCUT2D eigenvalue weighted by molar-refractivity contribution is 8.93. The summed E-state index contributed by atoms with van der Waals surface area (Å²) in [5.41, 5.74) is 2.68. The second kappa shape index (κ2) is 7.98. The van der Waals surface area contributed by atoms with E-state index in [-0.39, 0.29) is 34.9 Å². The van der Waals surface area contributed by atoms with Crippen LogP contribution in [0.15, 0.2) is 61.2 Å². The molecule has 5 nitrogen and oxygen atoms in total. The lowest BCUT2D eigenvalue weighted by Gasteiger charge is -2.05. The first-order chi connectivity index (χ1) is 11.7. The van der Waals surface area contributed by atoms with E-state index in [9.17, 15) is 4.79 Å². The average molecular weight is 402 g/mol. The molecule has 3 rings (SSSR count). The minimum Gasteiger partial charge on any atom is -0.497 e. The number of allylic oxidation sites excluding steroid dienone is 1. The zero-order chi connectivity index (χ0) is 17.1. The first-order valence-electron chi connectivity index (χ1n) is 7.66. The number of carbonyl (C=O) groups excluding carboxylic acids is 1. The van der Waals surface area contributed by atoms with Crippen LogP contribution in [0.2, 0.25) is 0 Å². The molecule has 0 amide bonds. The van der Waals surface area contributed by atoms with Gasteiger partial charge in [-0.1, -0.05) is 18.2 Å². The molecule has 6 heteroatoms. The van der Waals surface area contributed by atoms with Gasteiger partial charge in [0.1, 0.15) is 5.75 Å². The maximum atomic E-state index is 12.6. The van der Waals surface area contributed by atoms with Crippen LogP contribution in [-0.2, 0) is 13.1 Å². The van der Waals surface area contributed by atoms with Crippen LogP contribution >= 0.6 is 17.0 Å². The molecule has 25 heavy (non-hydrogen) atoms. The minimum atomic E-state index is -0.0438. The van der Waals surface area contributed by atoms with E-state index in [0.717, 1.165) is 11.0 Å². The monoisotopic (exact) mass is 401 g/mol. The van der Waals surface area contributed by atoms with Crippen LogP contribution in [0, 0.1) is 5.41 Å². The van der Waals surface area contributed by atoms with E-state index in [1.54, 1.807) is 42.0 Å². The Labute approximate surface area is 156 Å². The van der Waals surface area contributed by atoms with Crippen molar-refractivity contribution >= 4 is 33.8 Å². The van der Waals surface area contributed by atoms with Gasteiger partial charge >= 0.3 is 0 Å². The molecule has 0 atom stereocenters. The van der Waals surface area contributed by atoms with Crippen LogP contribution < -0.4 is 10.4 Å². The molecule has 0 unspecified atom stereocenters. The van der Waals surface area contributed by atoms with E-state index >= 15 is 0 Å². The Balaban J connectivity index is 0.00000225. The largest absolute Gasteiger partial charge is 0.497 e. The van der Waals surface area contributed by atoms with E-state index in [2.05, 4.69) is 6.58 Å². The van der Waals surface area contributed by atoms with Gasteiger partial charge in [-0.3, -0.25) is 10.2 Å². The summed E-state index contributed by atoms with van der Waals surface area (Å²) in [5.74, 6) is 0.667. The topological polar surface area (TPSA) is 60.0 Å². The van der Waals surface area contributed by atoms with Crippen LogP contribution in [0.25, 0.3) is 11.0 Å². The maximum absolute atomic E-state index is 12.6. The molecule has 3 aromatic rings. The van der Waals surface area contributed by atoms with E-state index in [4.69, 9.17) is 10.1 Å². The fourth-order valence-electron chi connectivity index (χ4n) is 2.78. The number of nitrogens with one attached hydrogen (secondary N) is 1. The van der Waals surface area contributed by atoms with Gasteiger partial charge in [-0.25, -0.2) is 0 Å². The maximum Gasteiger partial charge on any atom is 0.203 e. The van der Waals surface area contributed by atoms with Gasteiger partial charge in [-0.05, 0) is 36.4 Å². The second-order valence-electron chi connectivity index (χ2n) is 5.45. The first-order valence-corrected chi connectivity index (χ1v) is 7.66. The molecule has 130 valence electrons. The number of methoxy groups -OCH3 is 1. The van der Waals surface area contributed by atoms with Gasteiger partial charge < -0.3 is 13.9 Å². The van der Waals surface area contributed by atoms with Crippen molar-refractivity contribution in [1.29, 1.82) is 5.41 Å². The third kappa shape index (κ3) is 3.58. The number of halogens is 1. The van der Waals surface area contributed by atoms with Gasteiger partial charge in [-0.15, -0.1) is 23.6 Å². The molecule has 0 fully saturated rings. The predicted octanol–water partition coefficient (Wildman–Crippen LogP) is 3.58. The van der Waals surface area contributed by atoms with Gasteiger partial charge in [0.15, 0.2) is 5.78 Å². The van der Waals surface area contributed by atoms with Gasteiger partial charge in [0.2, 0.25) is 5.62 Å². The number of para-hydroxylation sites is 2. The highest BCUT2D eigenvalue weighted by atomic mass is 79.9. The van der Waals surface area contributed by atoms with Crippen molar-refractivity contribution in [3.63, 3.8) is 0 Å². The van der Waals surface area contributed by atoms with Gasteiger partial charge in [0.05, 0.1) is 24.7 Å². The third-order valence-corrected chi connectivity index (χ3v) is 4.00. The zero-order valence-corrected chi connectivity index (χ0v) is 15.6. The molecular formula is C19H20BrN3O2. The molecule has 0 aliphatic heterocycles. The number of nitrogens with zero attached hydrogens (tertiary/aromatic N) is 2. The number of fused-ring (bicyclic) bond motifs is 1. The Hall–Kier alpha value is -2.60. The summed E-state index contributed by atoms with van der Waals surface area (Å²) >= 11 is 0. The van der Waals surface area contributed by atoms with E-state index in [0.29, 0.717) is 17.9 Å². The summed E-state index contributed by atoms with van der Waals surface area (Å²) in [6.45, 7) is 4.40. The van der Waals surface area contributed by atoms with Crippen LogP contribution in [0.1, 0.15) is 10.4 Å². The number of benzene rings is 2. The second-order valence-corrected chi connectivity index (χ2v) is 5.45. The summed E-state index contributed by atoms with van der Waals surface area (Å²) in [7, 11) is 1.59. The average Bonchev–Trinajstić information content (AvgIpc) is 2.88. The molecule has 0 spiro atoms. The summed E-state index contributed by atoms with van der Waals surface area (Å²) < 4.78 is 8.68. The zero-order valence-electron chi connectivity index (χ0n) is 13.9. The molecule has 1 heterocycles. The van der Waals surface area contributed by atoms with Crippen molar-refractivity contribution < 1.29 is 9.53 Å². The molecule has 0 saturated heterocycles. The van der Waals surface area contributed by atoms with Crippen molar-refractivity contribution in [3.8, 4) is 5.75 Å². The minimum absolute atomic E-state index is 0. The van der Waals surface area contributed by atoms with Gasteiger partial charge in [0.25, 0.3) is 0 Å². The molecule has 0 saturated carbocycles. The molecule has 0 radical (unpaired) electrons. The molecule has 0 aliphatic carbocycles.